The van der Waals surface area contributed by atoms with Crippen molar-refractivity contribution >= 4 is 11.6 Å². The molecular formula is C24H29ClN4O. The van der Waals surface area contributed by atoms with Crippen LogP contribution in [0.15, 0.2) is 42.6 Å². The van der Waals surface area contributed by atoms with Crippen molar-refractivity contribution in [1.82, 2.24) is 19.7 Å². The second-order valence-corrected chi connectivity index (χ2v) is 8.47. The highest BCUT2D eigenvalue weighted by atomic mass is 35.5. The Hall–Kier alpha value is -2.21. The Kier molecular flexibility index (Phi) is 6.52. The molecule has 2 aromatic heterocycles. The summed E-state index contributed by atoms with van der Waals surface area (Å²) in [6.45, 7) is 10.5. The van der Waals surface area contributed by atoms with Crippen LogP contribution in [0.1, 0.15) is 46.8 Å². The molecule has 4 rings (SSSR count). The molecule has 1 fully saturated rings. The molecule has 0 saturated carbocycles. The number of morpholine rings is 1. The summed E-state index contributed by atoms with van der Waals surface area (Å²) >= 11 is 6.16. The van der Waals surface area contributed by atoms with Gasteiger partial charge >= 0.3 is 0 Å². The molecular weight excluding hydrogens is 396 g/mol. The summed E-state index contributed by atoms with van der Waals surface area (Å²) in [4.78, 5) is 7.24. The number of ether oxygens (including phenoxy) is 1. The van der Waals surface area contributed by atoms with E-state index < -0.39 is 0 Å². The second-order valence-electron chi connectivity index (χ2n) is 8.04. The van der Waals surface area contributed by atoms with Gasteiger partial charge in [0.1, 0.15) is 6.10 Å². The van der Waals surface area contributed by atoms with Gasteiger partial charge in [0.05, 0.1) is 18.0 Å². The highest BCUT2D eigenvalue weighted by Crippen LogP contribution is 2.25. The van der Waals surface area contributed by atoms with Crippen molar-refractivity contribution in [3.05, 3.63) is 81.4 Å². The maximum atomic E-state index is 6.16. The third-order valence-electron chi connectivity index (χ3n) is 5.58. The predicted molar refractivity (Wildman–Crippen MR) is 120 cm³/mol. The summed E-state index contributed by atoms with van der Waals surface area (Å²) in [5, 5.41) is 5.35. The molecule has 30 heavy (non-hydrogen) atoms. The molecule has 3 aromatic rings. The Labute approximate surface area is 183 Å². The summed E-state index contributed by atoms with van der Waals surface area (Å²) < 4.78 is 8.13. The van der Waals surface area contributed by atoms with Crippen LogP contribution in [0.3, 0.4) is 0 Å². The minimum Gasteiger partial charge on any atom is -0.369 e. The van der Waals surface area contributed by atoms with Gasteiger partial charge in [0, 0.05) is 48.7 Å². The van der Waals surface area contributed by atoms with Crippen LogP contribution in [0.2, 0.25) is 5.02 Å². The first-order chi connectivity index (χ1) is 14.5. The van der Waals surface area contributed by atoms with E-state index in [9.17, 15) is 0 Å². The van der Waals surface area contributed by atoms with E-state index in [4.69, 9.17) is 21.3 Å². The van der Waals surface area contributed by atoms with Gasteiger partial charge in [-0.25, -0.2) is 0 Å². The molecule has 1 aromatic carbocycles. The fraction of sp³-hybridized carbons (Fsp3) is 0.417. The molecule has 1 aliphatic heterocycles. The zero-order chi connectivity index (χ0) is 21.1. The normalized spacial score (nSPS) is 17.4. The Bertz CT molecular complexity index is 1020. The van der Waals surface area contributed by atoms with Crippen LogP contribution in [0.25, 0.3) is 0 Å². The molecule has 1 atom stereocenters. The Morgan fingerprint density at radius 3 is 2.80 bits per heavy atom. The van der Waals surface area contributed by atoms with E-state index >= 15 is 0 Å². The quantitative estimate of drug-likeness (QED) is 0.573. The van der Waals surface area contributed by atoms with Gasteiger partial charge in [0.25, 0.3) is 0 Å². The summed E-state index contributed by atoms with van der Waals surface area (Å²) in [6.07, 6.45) is 2.98. The molecule has 0 aliphatic carbocycles. The fourth-order valence-electron chi connectivity index (χ4n) is 4.06. The number of aryl methyl sites for hydroxylation is 3. The monoisotopic (exact) mass is 424 g/mol. The van der Waals surface area contributed by atoms with E-state index in [1.807, 2.05) is 29.8 Å². The lowest BCUT2D eigenvalue weighted by Gasteiger charge is -2.32. The summed E-state index contributed by atoms with van der Waals surface area (Å²) in [5.41, 5.74) is 6.87. The van der Waals surface area contributed by atoms with Crippen LogP contribution in [0.5, 0.6) is 0 Å². The lowest BCUT2D eigenvalue weighted by molar-refractivity contribution is -0.0351. The van der Waals surface area contributed by atoms with Crippen molar-refractivity contribution in [3.63, 3.8) is 0 Å². The van der Waals surface area contributed by atoms with E-state index in [1.54, 1.807) is 0 Å². The van der Waals surface area contributed by atoms with Crippen LogP contribution in [-0.4, -0.2) is 39.4 Å². The first-order valence-electron chi connectivity index (χ1n) is 10.6. The smallest absolute Gasteiger partial charge is 0.112 e. The van der Waals surface area contributed by atoms with Crippen LogP contribution >= 0.6 is 11.6 Å². The third kappa shape index (κ3) is 5.09. The molecule has 1 unspecified atom stereocenters. The number of rotatable bonds is 6. The van der Waals surface area contributed by atoms with Crippen molar-refractivity contribution in [2.24, 2.45) is 0 Å². The van der Waals surface area contributed by atoms with E-state index in [0.717, 1.165) is 54.7 Å². The zero-order valence-corrected chi connectivity index (χ0v) is 18.7. The molecule has 1 aliphatic rings. The highest BCUT2D eigenvalue weighted by molar-refractivity contribution is 6.30. The minimum atomic E-state index is -0.0155. The maximum absolute atomic E-state index is 6.16. The molecule has 0 spiro atoms. The van der Waals surface area contributed by atoms with E-state index in [1.165, 1.54) is 16.7 Å². The van der Waals surface area contributed by atoms with Gasteiger partial charge < -0.3 is 4.74 Å². The molecule has 1 saturated heterocycles. The average Bonchev–Trinajstić information content (AvgIpc) is 3.07. The van der Waals surface area contributed by atoms with Crippen molar-refractivity contribution in [2.75, 3.05) is 19.7 Å². The maximum Gasteiger partial charge on any atom is 0.112 e. The van der Waals surface area contributed by atoms with E-state index in [0.29, 0.717) is 6.61 Å². The van der Waals surface area contributed by atoms with Gasteiger partial charge in [-0.3, -0.25) is 14.6 Å². The van der Waals surface area contributed by atoms with Crippen LogP contribution < -0.4 is 0 Å². The highest BCUT2D eigenvalue weighted by Gasteiger charge is 2.24. The number of halogens is 1. The molecule has 0 N–H and O–H groups in total. The zero-order valence-electron chi connectivity index (χ0n) is 17.9. The number of hydrogen-bond acceptors (Lipinski definition) is 4. The standard InChI is InChI=1S/C24H29ClN4O/c1-4-29-15-21(18(3)27-29)14-28-8-9-30-24(16-28)23-13-20(10-17(2)26-23)11-19-6-5-7-22(25)12-19/h5-7,10,12-13,15,24H,4,8-9,11,14,16H2,1-3H3. The molecule has 5 nitrogen and oxygen atoms in total. The lowest BCUT2D eigenvalue weighted by Crippen LogP contribution is -2.38. The first-order valence-corrected chi connectivity index (χ1v) is 11.0. The van der Waals surface area contributed by atoms with Crippen LogP contribution in [0.4, 0.5) is 0 Å². The molecule has 0 amide bonds. The predicted octanol–water partition coefficient (Wildman–Crippen LogP) is 4.73. The van der Waals surface area contributed by atoms with Crippen LogP contribution in [0, 0.1) is 13.8 Å². The average molecular weight is 425 g/mol. The number of pyridine rings is 1. The lowest BCUT2D eigenvalue weighted by atomic mass is 10.0. The second kappa shape index (κ2) is 9.29. The van der Waals surface area contributed by atoms with E-state index in [2.05, 4.69) is 48.2 Å². The van der Waals surface area contributed by atoms with Crippen LogP contribution in [-0.2, 0) is 24.2 Å². The van der Waals surface area contributed by atoms with Gasteiger partial charge in [0.2, 0.25) is 0 Å². The Morgan fingerprint density at radius 1 is 1.17 bits per heavy atom. The van der Waals surface area contributed by atoms with Crippen molar-refractivity contribution in [2.45, 2.75) is 46.4 Å². The molecule has 0 radical (unpaired) electrons. The largest absolute Gasteiger partial charge is 0.369 e. The van der Waals surface area contributed by atoms with Crippen molar-refractivity contribution in [3.8, 4) is 0 Å². The Morgan fingerprint density at radius 2 is 2.03 bits per heavy atom. The number of benzene rings is 1. The molecule has 3 heterocycles. The topological polar surface area (TPSA) is 43.2 Å². The fourth-order valence-corrected chi connectivity index (χ4v) is 4.27. The number of nitrogens with zero attached hydrogens (tertiary/aromatic N) is 4. The molecule has 0 bridgehead atoms. The van der Waals surface area contributed by atoms with Gasteiger partial charge in [-0.1, -0.05) is 23.7 Å². The van der Waals surface area contributed by atoms with Crippen molar-refractivity contribution in [1.29, 1.82) is 0 Å². The number of aromatic nitrogens is 3. The SMILES string of the molecule is CCn1cc(CN2CCOC(c3cc(Cc4cccc(Cl)c4)cc(C)n3)C2)c(C)n1. The first kappa shape index (κ1) is 21.0. The minimum absolute atomic E-state index is 0.0155. The van der Waals surface area contributed by atoms with Crippen molar-refractivity contribution < 1.29 is 4.74 Å². The van der Waals surface area contributed by atoms with Gasteiger partial charge in [-0.05, 0) is 62.6 Å². The summed E-state index contributed by atoms with van der Waals surface area (Å²) in [5.74, 6) is 0. The van der Waals surface area contributed by atoms with Gasteiger partial charge in [-0.2, -0.15) is 5.10 Å². The summed E-state index contributed by atoms with van der Waals surface area (Å²) in [7, 11) is 0. The summed E-state index contributed by atoms with van der Waals surface area (Å²) in [6, 6.07) is 12.4. The molecule has 6 heteroatoms. The van der Waals surface area contributed by atoms with Gasteiger partial charge in [0.15, 0.2) is 0 Å². The van der Waals surface area contributed by atoms with E-state index in [-0.39, 0.29) is 6.10 Å². The third-order valence-corrected chi connectivity index (χ3v) is 5.81. The van der Waals surface area contributed by atoms with Gasteiger partial charge in [-0.15, -0.1) is 0 Å². The Balaban J connectivity index is 1.48. The molecule has 158 valence electrons. The number of hydrogen-bond donors (Lipinski definition) is 0.